The molecule has 0 radical (unpaired) electrons. The Morgan fingerprint density at radius 2 is 1.86 bits per heavy atom. The Balaban J connectivity index is 0.000000299. The van der Waals surface area contributed by atoms with Gasteiger partial charge in [-0.1, -0.05) is 16.6 Å². The molecule has 0 saturated heterocycles. The van der Waals surface area contributed by atoms with Crippen LogP contribution in [0.15, 0.2) is 42.0 Å². The van der Waals surface area contributed by atoms with Crippen molar-refractivity contribution in [1.82, 2.24) is 19.6 Å². The van der Waals surface area contributed by atoms with E-state index in [2.05, 4.69) is 19.6 Å². The molecule has 0 aliphatic rings. The average molecular weight is 356 g/mol. The van der Waals surface area contributed by atoms with Crippen molar-refractivity contribution in [2.24, 2.45) is 0 Å². The van der Waals surface area contributed by atoms with Gasteiger partial charge in [0.15, 0.2) is 0 Å². The summed E-state index contributed by atoms with van der Waals surface area (Å²) in [5.41, 5.74) is 1.53. The maximum atomic E-state index is 5.42. The smallest absolute Gasteiger partial charge is 0.381 e. The van der Waals surface area contributed by atoms with E-state index >= 15 is 0 Å². The molecular formula is C12H13N4O3PS2. The zero-order valence-corrected chi connectivity index (χ0v) is 14.3. The predicted molar refractivity (Wildman–Crippen MR) is 88.4 cm³/mol. The first kappa shape index (κ1) is 16.9. The summed E-state index contributed by atoms with van der Waals surface area (Å²) in [5.74, 6) is 0.302. The van der Waals surface area contributed by atoms with E-state index < -0.39 is 6.72 Å². The molecule has 2 aromatic heterocycles. The first-order chi connectivity index (χ1) is 10.7. The largest absolute Gasteiger partial charge is 0.404 e. The van der Waals surface area contributed by atoms with Crippen molar-refractivity contribution in [3.8, 4) is 5.88 Å². The molecule has 1 aromatic carbocycles. The van der Waals surface area contributed by atoms with E-state index in [1.54, 1.807) is 6.20 Å². The summed E-state index contributed by atoms with van der Waals surface area (Å²) in [7, 11) is 2.89. The van der Waals surface area contributed by atoms with Gasteiger partial charge >= 0.3 is 6.72 Å². The van der Waals surface area contributed by atoms with Gasteiger partial charge in [0.1, 0.15) is 0 Å². The highest BCUT2D eigenvalue weighted by atomic mass is 32.5. The number of fused-ring (bicyclic) bond motifs is 1. The molecule has 0 unspecified atom stereocenters. The number of rotatable bonds is 4. The lowest BCUT2D eigenvalue weighted by Crippen LogP contribution is -1.99. The molecule has 10 heteroatoms. The Kier molecular flexibility index (Phi) is 6.29. The summed E-state index contributed by atoms with van der Waals surface area (Å²) in [6.07, 6.45) is 3.16. The fourth-order valence-corrected chi connectivity index (χ4v) is 2.50. The van der Waals surface area contributed by atoms with Gasteiger partial charge in [-0.25, -0.2) is 9.97 Å². The third-order valence-corrected chi connectivity index (χ3v) is 5.22. The summed E-state index contributed by atoms with van der Waals surface area (Å²) >= 11 is 6.44. The number of aromatic nitrogens is 4. The van der Waals surface area contributed by atoms with Gasteiger partial charge in [0.2, 0.25) is 5.88 Å². The molecule has 3 rings (SSSR count). The lowest BCUT2D eigenvalue weighted by Gasteiger charge is -2.17. The molecule has 0 amide bonds. The molecule has 116 valence electrons. The summed E-state index contributed by atoms with van der Waals surface area (Å²) < 4.78 is 19.0. The molecule has 0 N–H and O–H groups in total. The van der Waals surface area contributed by atoms with Gasteiger partial charge in [0.25, 0.3) is 0 Å². The second-order valence-electron chi connectivity index (χ2n) is 3.69. The summed E-state index contributed by atoms with van der Waals surface area (Å²) in [6.45, 7) is -2.75. The van der Waals surface area contributed by atoms with Crippen LogP contribution in [-0.4, -0.2) is 33.8 Å². The van der Waals surface area contributed by atoms with Gasteiger partial charge in [-0.15, -0.1) is 5.10 Å². The fourth-order valence-electron chi connectivity index (χ4n) is 1.38. The lowest BCUT2D eigenvalue weighted by atomic mass is 10.3. The van der Waals surface area contributed by atoms with Crippen LogP contribution in [0.3, 0.4) is 0 Å². The molecule has 0 aliphatic carbocycles. The SMILES string of the molecule is COP(=S)(OC)Oc1cnc2ccccc2n1.c1csnn1. The van der Waals surface area contributed by atoms with Crippen molar-refractivity contribution in [1.29, 1.82) is 0 Å². The molecule has 0 spiro atoms. The predicted octanol–water partition coefficient (Wildman–Crippen LogP) is 3.06. The molecule has 0 fully saturated rings. The fraction of sp³-hybridized carbons (Fsp3) is 0.167. The van der Waals surface area contributed by atoms with Gasteiger partial charge in [-0.3, -0.25) is 0 Å². The molecule has 0 bridgehead atoms. The second kappa shape index (κ2) is 8.21. The third kappa shape index (κ3) is 4.75. The number of hydrogen-bond acceptors (Lipinski definition) is 9. The maximum Gasteiger partial charge on any atom is 0.381 e. The van der Waals surface area contributed by atoms with Crippen molar-refractivity contribution in [3.63, 3.8) is 0 Å². The van der Waals surface area contributed by atoms with E-state index in [-0.39, 0.29) is 0 Å². The Morgan fingerprint density at radius 3 is 2.41 bits per heavy atom. The lowest BCUT2D eigenvalue weighted by molar-refractivity contribution is 0.270. The van der Waals surface area contributed by atoms with Crippen LogP contribution < -0.4 is 4.52 Å². The highest BCUT2D eigenvalue weighted by molar-refractivity contribution is 8.07. The first-order valence-corrected chi connectivity index (χ1v) is 9.40. The Bertz CT molecular complexity index is 732. The summed E-state index contributed by atoms with van der Waals surface area (Å²) in [6, 6.07) is 7.49. The second-order valence-corrected chi connectivity index (χ2v) is 7.48. The number of nitrogens with zero attached hydrogens (tertiary/aromatic N) is 4. The van der Waals surface area contributed by atoms with E-state index in [0.717, 1.165) is 11.0 Å². The summed E-state index contributed by atoms with van der Waals surface area (Å²) in [4.78, 5) is 8.48. The molecule has 0 aliphatic heterocycles. The van der Waals surface area contributed by atoms with Gasteiger partial charge < -0.3 is 13.6 Å². The van der Waals surface area contributed by atoms with Crippen molar-refractivity contribution in [2.75, 3.05) is 14.2 Å². The standard InChI is InChI=1S/C10H11N2O3PS.C2H2N2S/c1-13-16(17,14-2)15-10-7-11-8-5-3-4-6-9(8)12-10;1-2-5-4-3-1/h3-7H,1-2H3;1-2H. The zero-order chi connectivity index (χ0) is 15.8. The van der Waals surface area contributed by atoms with Crippen LogP contribution in [0.5, 0.6) is 5.88 Å². The van der Waals surface area contributed by atoms with Crippen LogP contribution in [-0.2, 0) is 20.9 Å². The van der Waals surface area contributed by atoms with Crippen molar-refractivity contribution < 1.29 is 13.6 Å². The monoisotopic (exact) mass is 356 g/mol. The Labute approximate surface area is 136 Å². The topological polar surface area (TPSA) is 79.2 Å². The van der Waals surface area contributed by atoms with Gasteiger partial charge in [-0.2, -0.15) is 0 Å². The minimum absolute atomic E-state index is 0.302. The number of para-hydroxylation sites is 2. The van der Waals surface area contributed by atoms with Gasteiger partial charge in [0, 0.05) is 31.4 Å². The average Bonchev–Trinajstić information content (AvgIpc) is 3.14. The van der Waals surface area contributed by atoms with Crippen LogP contribution in [0.25, 0.3) is 11.0 Å². The van der Waals surface area contributed by atoms with Gasteiger partial charge in [0.05, 0.1) is 23.4 Å². The number of hydrogen-bond donors (Lipinski definition) is 0. The molecule has 3 aromatic rings. The minimum Gasteiger partial charge on any atom is -0.404 e. The van der Waals surface area contributed by atoms with Crippen LogP contribution in [0.1, 0.15) is 0 Å². The normalized spacial score (nSPS) is 10.8. The quantitative estimate of drug-likeness (QED) is 0.660. The van der Waals surface area contributed by atoms with E-state index in [0.29, 0.717) is 5.88 Å². The van der Waals surface area contributed by atoms with E-state index in [1.165, 1.54) is 31.9 Å². The van der Waals surface area contributed by atoms with Crippen molar-refractivity contribution >= 4 is 41.1 Å². The highest BCUT2D eigenvalue weighted by Gasteiger charge is 2.19. The summed E-state index contributed by atoms with van der Waals surface area (Å²) in [5, 5.41) is 5.31. The van der Waals surface area contributed by atoms with Crippen molar-refractivity contribution in [2.45, 2.75) is 0 Å². The van der Waals surface area contributed by atoms with Crippen molar-refractivity contribution in [3.05, 3.63) is 42.0 Å². The van der Waals surface area contributed by atoms with E-state index in [9.17, 15) is 0 Å². The van der Waals surface area contributed by atoms with Crippen LogP contribution in [0.2, 0.25) is 0 Å². The first-order valence-electron chi connectivity index (χ1n) is 6.01. The Hall–Kier alpha value is -1.51. The van der Waals surface area contributed by atoms with E-state index in [4.69, 9.17) is 25.4 Å². The molecule has 7 nitrogen and oxygen atoms in total. The van der Waals surface area contributed by atoms with Crippen LogP contribution in [0, 0.1) is 0 Å². The highest BCUT2D eigenvalue weighted by Crippen LogP contribution is 2.47. The molecule has 0 atom stereocenters. The molecule has 22 heavy (non-hydrogen) atoms. The molecule has 2 heterocycles. The Morgan fingerprint density at radius 1 is 1.14 bits per heavy atom. The van der Waals surface area contributed by atoms with E-state index in [1.807, 2.05) is 29.6 Å². The van der Waals surface area contributed by atoms with Gasteiger partial charge in [-0.05, 0) is 23.7 Å². The van der Waals surface area contributed by atoms with Crippen LogP contribution >= 0.6 is 18.3 Å². The zero-order valence-electron chi connectivity index (χ0n) is 11.8. The molecular weight excluding hydrogens is 343 g/mol. The van der Waals surface area contributed by atoms with Crippen LogP contribution in [0.4, 0.5) is 0 Å². The third-order valence-electron chi connectivity index (χ3n) is 2.36. The number of benzene rings is 1. The molecule has 0 saturated carbocycles. The minimum atomic E-state index is -2.75. The maximum absolute atomic E-state index is 5.42.